The van der Waals surface area contributed by atoms with Crippen LogP contribution in [0.4, 0.5) is 0 Å². The summed E-state index contributed by atoms with van der Waals surface area (Å²) in [5.74, 6) is 1.29. The fourth-order valence-corrected chi connectivity index (χ4v) is 1.99. The quantitative estimate of drug-likeness (QED) is 0.820. The van der Waals surface area contributed by atoms with Crippen molar-refractivity contribution in [1.82, 2.24) is 5.32 Å². The highest BCUT2D eigenvalue weighted by Crippen LogP contribution is 2.18. The fourth-order valence-electron chi connectivity index (χ4n) is 1.99. The minimum absolute atomic E-state index is 0.0492. The molecule has 0 saturated heterocycles. The predicted molar refractivity (Wildman–Crippen MR) is 78.5 cm³/mol. The van der Waals surface area contributed by atoms with Crippen LogP contribution in [0.5, 0.6) is 5.75 Å². The van der Waals surface area contributed by atoms with E-state index in [0.717, 1.165) is 30.7 Å². The molecule has 0 aliphatic rings. The van der Waals surface area contributed by atoms with Gasteiger partial charge in [0.1, 0.15) is 5.75 Å². The van der Waals surface area contributed by atoms with Crippen LogP contribution in [0.1, 0.15) is 37.8 Å². The molecule has 0 heterocycles. The van der Waals surface area contributed by atoms with Crippen LogP contribution in [0.3, 0.4) is 0 Å². The molecule has 19 heavy (non-hydrogen) atoms. The summed E-state index contributed by atoms with van der Waals surface area (Å²) in [6, 6.07) is 5.96. The largest absolute Gasteiger partial charge is 0.484 e. The zero-order valence-electron chi connectivity index (χ0n) is 12.5. The molecular weight excluding hydrogens is 238 g/mol. The molecular formula is C16H25NO2. The van der Waals surface area contributed by atoms with Crippen molar-refractivity contribution >= 4 is 5.91 Å². The Labute approximate surface area is 116 Å². The maximum absolute atomic E-state index is 11.7. The van der Waals surface area contributed by atoms with Crippen LogP contribution in [-0.4, -0.2) is 19.1 Å². The molecule has 1 rings (SSSR count). The second kappa shape index (κ2) is 7.82. The Morgan fingerprint density at radius 3 is 2.53 bits per heavy atom. The molecule has 0 aliphatic carbocycles. The number of benzene rings is 1. The third-order valence-corrected chi connectivity index (χ3v) is 3.43. The van der Waals surface area contributed by atoms with Crippen LogP contribution in [0.25, 0.3) is 0 Å². The number of ether oxygens (including phenoxy) is 1. The van der Waals surface area contributed by atoms with Gasteiger partial charge in [-0.05, 0) is 31.4 Å². The van der Waals surface area contributed by atoms with E-state index in [1.54, 1.807) is 0 Å². The van der Waals surface area contributed by atoms with Crippen LogP contribution in [0.2, 0.25) is 0 Å². The highest BCUT2D eigenvalue weighted by Gasteiger charge is 2.08. The maximum atomic E-state index is 11.7. The van der Waals surface area contributed by atoms with Gasteiger partial charge < -0.3 is 10.1 Å². The second-order valence-corrected chi connectivity index (χ2v) is 5.04. The average Bonchev–Trinajstić information content (AvgIpc) is 2.39. The third kappa shape index (κ3) is 5.33. The molecule has 0 aliphatic heterocycles. The Balaban J connectivity index is 2.37. The molecule has 3 heteroatoms. The number of hydrogen-bond acceptors (Lipinski definition) is 2. The number of rotatable bonds is 7. The average molecular weight is 263 g/mol. The SMILES string of the molecule is CCC(CC)CNC(=O)COc1ccc(C)cc1C. The lowest BCUT2D eigenvalue weighted by Crippen LogP contribution is -2.32. The molecule has 0 unspecified atom stereocenters. The minimum Gasteiger partial charge on any atom is -0.484 e. The van der Waals surface area contributed by atoms with Crippen LogP contribution in [0, 0.1) is 19.8 Å². The first-order valence-corrected chi connectivity index (χ1v) is 7.03. The highest BCUT2D eigenvalue weighted by molar-refractivity contribution is 5.77. The van der Waals surface area contributed by atoms with E-state index in [-0.39, 0.29) is 12.5 Å². The van der Waals surface area contributed by atoms with Gasteiger partial charge >= 0.3 is 0 Å². The lowest BCUT2D eigenvalue weighted by atomic mass is 10.0. The fraction of sp³-hybridized carbons (Fsp3) is 0.562. The van der Waals surface area contributed by atoms with Gasteiger partial charge in [0.05, 0.1) is 0 Å². The van der Waals surface area contributed by atoms with Gasteiger partial charge in [0.25, 0.3) is 5.91 Å². The van der Waals surface area contributed by atoms with Gasteiger partial charge in [-0.1, -0.05) is 44.4 Å². The molecule has 0 fully saturated rings. The molecule has 1 aromatic carbocycles. The van der Waals surface area contributed by atoms with Crippen molar-refractivity contribution in [3.8, 4) is 5.75 Å². The molecule has 106 valence electrons. The Morgan fingerprint density at radius 2 is 1.95 bits per heavy atom. The zero-order valence-corrected chi connectivity index (χ0v) is 12.5. The first-order chi connectivity index (χ1) is 9.06. The van der Waals surface area contributed by atoms with Crippen molar-refractivity contribution in [2.24, 2.45) is 5.92 Å². The minimum atomic E-state index is -0.0492. The normalized spacial score (nSPS) is 10.6. The van der Waals surface area contributed by atoms with Gasteiger partial charge in [0.15, 0.2) is 6.61 Å². The highest BCUT2D eigenvalue weighted by atomic mass is 16.5. The summed E-state index contributed by atoms with van der Waals surface area (Å²) in [5.41, 5.74) is 2.26. The van der Waals surface area contributed by atoms with Gasteiger partial charge in [-0.25, -0.2) is 0 Å². The van der Waals surface area contributed by atoms with Crippen molar-refractivity contribution in [3.63, 3.8) is 0 Å². The first kappa shape index (κ1) is 15.5. The number of carbonyl (C=O) groups excluding carboxylic acids is 1. The molecule has 1 aromatic rings. The van der Waals surface area contributed by atoms with Crippen LogP contribution < -0.4 is 10.1 Å². The molecule has 0 saturated carbocycles. The van der Waals surface area contributed by atoms with E-state index in [2.05, 4.69) is 25.2 Å². The molecule has 0 aromatic heterocycles. The molecule has 0 radical (unpaired) electrons. The Hall–Kier alpha value is -1.51. The smallest absolute Gasteiger partial charge is 0.257 e. The number of hydrogen-bond donors (Lipinski definition) is 1. The van der Waals surface area contributed by atoms with E-state index in [0.29, 0.717) is 5.92 Å². The molecule has 3 nitrogen and oxygen atoms in total. The summed E-state index contributed by atoms with van der Waals surface area (Å²) in [7, 11) is 0. The molecule has 0 bridgehead atoms. The van der Waals surface area contributed by atoms with E-state index in [9.17, 15) is 4.79 Å². The zero-order chi connectivity index (χ0) is 14.3. The van der Waals surface area contributed by atoms with Crippen LogP contribution >= 0.6 is 0 Å². The molecule has 0 atom stereocenters. The van der Waals surface area contributed by atoms with Crippen molar-refractivity contribution in [2.75, 3.05) is 13.2 Å². The van der Waals surface area contributed by atoms with Gasteiger partial charge in [0, 0.05) is 6.54 Å². The van der Waals surface area contributed by atoms with Crippen LogP contribution in [0.15, 0.2) is 18.2 Å². The van der Waals surface area contributed by atoms with E-state index in [1.807, 2.05) is 26.0 Å². The summed E-state index contributed by atoms with van der Waals surface area (Å²) in [6.45, 7) is 9.15. The van der Waals surface area contributed by atoms with Crippen LogP contribution in [-0.2, 0) is 4.79 Å². The number of aryl methyl sites for hydroxylation is 2. The Morgan fingerprint density at radius 1 is 1.26 bits per heavy atom. The van der Waals surface area contributed by atoms with E-state index >= 15 is 0 Å². The Bertz CT molecular complexity index is 411. The first-order valence-electron chi connectivity index (χ1n) is 7.03. The number of nitrogens with one attached hydrogen (secondary N) is 1. The van der Waals surface area contributed by atoms with Gasteiger partial charge in [-0.2, -0.15) is 0 Å². The van der Waals surface area contributed by atoms with Gasteiger partial charge in [-0.3, -0.25) is 4.79 Å². The van der Waals surface area contributed by atoms with E-state index in [1.165, 1.54) is 5.56 Å². The number of amides is 1. The van der Waals surface area contributed by atoms with Crippen molar-refractivity contribution in [1.29, 1.82) is 0 Å². The van der Waals surface area contributed by atoms with E-state index in [4.69, 9.17) is 4.74 Å². The standard InChI is InChI=1S/C16H25NO2/c1-5-14(6-2)10-17-16(18)11-19-15-8-7-12(3)9-13(15)4/h7-9,14H,5-6,10-11H2,1-4H3,(H,17,18). The Kier molecular flexibility index (Phi) is 6.40. The third-order valence-electron chi connectivity index (χ3n) is 3.43. The summed E-state index contributed by atoms with van der Waals surface area (Å²) < 4.78 is 5.54. The van der Waals surface area contributed by atoms with E-state index < -0.39 is 0 Å². The van der Waals surface area contributed by atoms with Gasteiger partial charge in [0.2, 0.25) is 0 Å². The number of carbonyl (C=O) groups is 1. The lowest BCUT2D eigenvalue weighted by Gasteiger charge is -2.14. The molecule has 0 spiro atoms. The summed E-state index contributed by atoms with van der Waals surface area (Å²) in [6.07, 6.45) is 2.18. The summed E-state index contributed by atoms with van der Waals surface area (Å²) in [4.78, 5) is 11.7. The summed E-state index contributed by atoms with van der Waals surface area (Å²) >= 11 is 0. The van der Waals surface area contributed by atoms with Crippen molar-refractivity contribution in [3.05, 3.63) is 29.3 Å². The monoisotopic (exact) mass is 263 g/mol. The maximum Gasteiger partial charge on any atom is 0.257 e. The van der Waals surface area contributed by atoms with Gasteiger partial charge in [-0.15, -0.1) is 0 Å². The molecule has 1 N–H and O–H groups in total. The van der Waals surface area contributed by atoms with Crippen molar-refractivity contribution in [2.45, 2.75) is 40.5 Å². The lowest BCUT2D eigenvalue weighted by molar-refractivity contribution is -0.123. The topological polar surface area (TPSA) is 38.3 Å². The van der Waals surface area contributed by atoms with Crippen molar-refractivity contribution < 1.29 is 9.53 Å². The molecule has 1 amide bonds. The second-order valence-electron chi connectivity index (χ2n) is 5.04. The summed E-state index contributed by atoms with van der Waals surface area (Å²) in [5, 5.41) is 2.92. The predicted octanol–water partition coefficient (Wildman–Crippen LogP) is 3.23.